The molecule has 0 atom stereocenters. The highest BCUT2D eigenvalue weighted by Crippen LogP contribution is 2.27. The van der Waals surface area contributed by atoms with Gasteiger partial charge in [-0.05, 0) is 24.3 Å². The second kappa shape index (κ2) is 6.17. The highest BCUT2D eigenvalue weighted by atomic mass is 16.5. The molecule has 132 valence electrons. The van der Waals surface area contributed by atoms with Crippen LogP contribution in [-0.4, -0.2) is 17.5 Å². The van der Waals surface area contributed by atoms with E-state index in [1.165, 1.54) is 37.5 Å². The molecule has 0 aliphatic heterocycles. The van der Waals surface area contributed by atoms with Gasteiger partial charge in [-0.1, -0.05) is 24.3 Å². The number of carbonyl (C=O) groups is 3. The van der Waals surface area contributed by atoms with Crippen LogP contribution < -0.4 is 10.2 Å². The number of allylic oxidation sites excluding steroid dienone is 1. The number of hydrogen-bond acceptors (Lipinski definition) is 6. The van der Waals surface area contributed by atoms with Crippen molar-refractivity contribution in [2.24, 2.45) is 0 Å². The lowest BCUT2D eigenvalue weighted by atomic mass is 10.1. The average molecular weight is 360 g/mol. The van der Waals surface area contributed by atoms with E-state index in [1.807, 2.05) is 0 Å². The maximum atomic E-state index is 12.8. The number of esters is 1. The smallest absolute Gasteiger partial charge is 0.308 e. The number of Topliss-reactive ketones (excluding diaryl/α,β-unsaturated/α-hetero) is 2. The molecule has 0 saturated carbocycles. The minimum absolute atomic E-state index is 0.0620. The van der Waals surface area contributed by atoms with Crippen LogP contribution in [0.1, 0.15) is 33.2 Å². The molecule has 6 heteroatoms. The molecule has 0 radical (unpaired) electrons. The number of benzene rings is 2. The third kappa shape index (κ3) is 2.77. The molecule has 0 spiro atoms. The molecular formula is C21H12O6. The van der Waals surface area contributed by atoms with Crippen LogP contribution in [-0.2, 0) is 4.79 Å². The zero-order valence-electron chi connectivity index (χ0n) is 14.1. The van der Waals surface area contributed by atoms with Crippen molar-refractivity contribution in [1.29, 1.82) is 0 Å². The quantitative estimate of drug-likeness (QED) is 0.302. The first kappa shape index (κ1) is 16.7. The number of hydrogen-bond donors (Lipinski definition) is 0. The van der Waals surface area contributed by atoms with Crippen LogP contribution in [0.4, 0.5) is 0 Å². The Morgan fingerprint density at radius 1 is 1.00 bits per heavy atom. The van der Waals surface area contributed by atoms with Crippen molar-refractivity contribution in [2.45, 2.75) is 6.92 Å². The van der Waals surface area contributed by atoms with Gasteiger partial charge in [0.05, 0.1) is 16.5 Å². The van der Waals surface area contributed by atoms with Crippen LogP contribution >= 0.6 is 0 Å². The predicted molar refractivity (Wildman–Crippen MR) is 96.9 cm³/mol. The molecule has 1 aliphatic rings. The molecule has 1 aromatic heterocycles. The van der Waals surface area contributed by atoms with Crippen molar-refractivity contribution in [3.63, 3.8) is 0 Å². The molecule has 4 rings (SSSR count). The number of carbonyl (C=O) groups excluding carboxylic acids is 3. The van der Waals surface area contributed by atoms with E-state index in [1.54, 1.807) is 24.3 Å². The zero-order chi connectivity index (χ0) is 19.1. The molecule has 0 saturated heterocycles. The fourth-order valence-corrected chi connectivity index (χ4v) is 3.01. The highest BCUT2D eigenvalue weighted by molar-refractivity contribution is 6.41. The average Bonchev–Trinajstić information content (AvgIpc) is 2.89. The predicted octanol–water partition coefficient (Wildman–Crippen LogP) is 3.18. The summed E-state index contributed by atoms with van der Waals surface area (Å²) in [5.74, 6) is -1.17. The molecule has 0 amide bonds. The summed E-state index contributed by atoms with van der Waals surface area (Å²) in [7, 11) is 0. The monoisotopic (exact) mass is 360 g/mol. The molecule has 27 heavy (non-hydrogen) atoms. The number of ether oxygens (including phenoxy) is 1. The third-order valence-electron chi connectivity index (χ3n) is 4.24. The van der Waals surface area contributed by atoms with Crippen molar-refractivity contribution in [3.05, 3.63) is 81.2 Å². The van der Waals surface area contributed by atoms with E-state index in [-0.39, 0.29) is 22.3 Å². The van der Waals surface area contributed by atoms with E-state index in [4.69, 9.17) is 9.15 Å². The Labute approximate surface area is 152 Å². The summed E-state index contributed by atoms with van der Waals surface area (Å²) in [5.41, 5.74) is 0.470. The van der Waals surface area contributed by atoms with Crippen LogP contribution in [0.15, 0.2) is 63.5 Å². The van der Waals surface area contributed by atoms with Gasteiger partial charge in [0.25, 0.3) is 0 Å². The van der Waals surface area contributed by atoms with E-state index < -0.39 is 23.0 Å². The summed E-state index contributed by atoms with van der Waals surface area (Å²) in [6, 6.07) is 10.9. The fraction of sp³-hybridized carbons (Fsp3) is 0.0476. The van der Waals surface area contributed by atoms with Gasteiger partial charge in [0, 0.05) is 18.1 Å². The van der Waals surface area contributed by atoms with E-state index in [0.717, 1.165) is 0 Å². The first-order valence-corrected chi connectivity index (χ1v) is 8.10. The third-order valence-corrected chi connectivity index (χ3v) is 4.24. The van der Waals surface area contributed by atoms with E-state index >= 15 is 0 Å². The largest absolute Gasteiger partial charge is 0.463 e. The lowest BCUT2D eigenvalue weighted by Crippen LogP contribution is -2.09. The maximum Gasteiger partial charge on any atom is 0.308 e. The Morgan fingerprint density at radius 2 is 1.67 bits per heavy atom. The van der Waals surface area contributed by atoms with Crippen molar-refractivity contribution in [2.75, 3.05) is 0 Å². The van der Waals surface area contributed by atoms with Crippen molar-refractivity contribution < 1.29 is 23.5 Å². The van der Waals surface area contributed by atoms with Crippen LogP contribution in [0.25, 0.3) is 17.0 Å². The molecule has 0 bridgehead atoms. The zero-order valence-corrected chi connectivity index (χ0v) is 14.1. The molecular weight excluding hydrogens is 348 g/mol. The topological polar surface area (TPSA) is 90.7 Å². The van der Waals surface area contributed by atoms with E-state index in [0.29, 0.717) is 16.7 Å². The minimum atomic E-state index is -0.517. The molecule has 1 aliphatic carbocycles. The summed E-state index contributed by atoms with van der Waals surface area (Å²) in [6.07, 6.45) is 2.45. The minimum Gasteiger partial charge on any atom is -0.463 e. The summed E-state index contributed by atoms with van der Waals surface area (Å²) in [5, 5.41) is 0.179. The summed E-state index contributed by atoms with van der Waals surface area (Å²) >= 11 is 0. The van der Waals surface area contributed by atoms with Gasteiger partial charge in [-0.2, -0.15) is 0 Å². The number of ketones is 2. The van der Waals surface area contributed by atoms with Gasteiger partial charge in [0.2, 0.25) is 0 Å². The Morgan fingerprint density at radius 3 is 2.30 bits per heavy atom. The number of fused-ring (bicyclic) bond motifs is 2. The van der Waals surface area contributed by atoms with Gasteiger partial charge < -0.3 is 9.15 Å². The first-order chi connectivity index (χ1) is 13.0. The molecule has 6 nitrogen and oxygen atoms in total. The standard InChI is InChI=1S/C21H12O6/c1-11(22)27-13-6-7-18-16(9-13)19(23)12(10-26-18)8-17-20(24)14-4-2-3-5-15(14)21(17)25/h2-10H,1H3. The lowest BCUT2D eigenvalue weighted by Gasteiger charge is -2.03. The van der Waals surface area contributed by atoms with E-state index in [2.05, 4.69) is 0 Å². The molecule has 0 unspecified atom stereocenters. The van der Waals surface area contributed by atoms with Crippen LogP contribution in [0, 0.1) is 0 Å². The number of rotatable bonds is 2. The normalized spacial score (nSPS) is 13.0. The maximum absolute atomic E-state index is 12.8. The van der Waals surface area contributed by atoms with Gasteiger partial charge >= 0.3 is 5.97 Å². The van der Waals surface area contributed by atoms with Gasteiger partial charge in [-0.3, -0.25) is 19.2 Å². The highest BCUT2D eigenvalue weighted by Gasteiger charge is 2.32. The second-order valence-corrected chi connectivity index (χ2v) is 6.03. The van der Waals surface area contributed by atoms with Crippen LogP contribution in [0.5, 0.6) is 5.75 Å². The van der Waals surface area contributed by atoms with Gasteiger partial charge in [-0.25, -0.2) is 0 Å². The summed E-state index contributed by atoms with van der Waals surface area (Å²) in [6.45, 7) is 1.25. The lowest BCUT2D eigenvalue weighted by molar-refractivity contribution is -0.131. The molecule has 0 N–H and O–H groups in total. The van der Waals surface area contributed by atoms with Gasteiger partial charge in [0.1, 0.15) is 17.6 Å². The van der Waals surface area contributed by atoms with E-state index in [9.17, 15) is 19.2 Å². The molecule has 1 heterocycles. The SMILES string of the molecule is CC(=O)Oc1ccc2occ(C=C3C(=O)c4ccccc4C3=O)c(=O)c2c1. The summed E-state index contributed by atoms with van der Waals surface area (Å²) in [4.78, 5) is 48.8. The Balaban J connectivity index is 1.83. The van der Waals surface area contributed by atoms with Crippen LogP contribution in [0.3, 0.4) is 0 Å². The fourth-order valence-electron chi connectivity index (χ4n) is 3.01. The van der Waals surface area contributed by atoms with Crippen molar-refractivity contribution in [3.8, 4) is 5.75 Å². The van der Waals surface area contributed by atoms with Crippen molar-refractivity contribution >= 4 is 34.6 Å². The van der Waals surface area contributed by atoms with Gasteiger partial charge in [0.15, 0.2) is 17.0 Å². The molecule has 3 aromatic rings. The Kier molecular flexibility index (Phi) is 3.81. The van der Waals surface area contributed by atoms with Crippen molar-refractivity contribution in [1.82, 2.24) is 0 Å². The Bertz CT molecular complexity index is 1190. The Hall–Kier alpha value is -3.80. The van der Waals surface area contributed by atoms with Crippen LogP contribution in [0.2, 0.25) is 0 Å². The summed E-state index contributed by atoms with van der Waals surface area (Å²) < 4.78 is 10.4. The second-order valence-electron chi connectivity index (χ2n) is 6.03. The molecule has 0 fully saturated rings. The molecule has 2 aromatic carbocycles. The van der Waals surface area contributed by atoms with Gasteiger partial charge in [-0.15, -0.1) is 0 Å². The first-order valence-electron chi connectivity index (χ1n) is 8.10.